The maximum absolute atomic E-state index is 13.6. The second-order valence-corrected chi connectivity index (χ2v) is 10.8. The average Bonchev–Trinajstić information content (AvgIpc) is 3.42. The second kappa shape index (κ2) is 8.90. The van der Waals surface area contributed by atoms with Gasteiger partial charge in [0.15, 0.2) is 4.80 Å². The number of rotatable bonds is 5. The lowest BCUT2D eigenvalue weighted by molar-refractivity contribution is -0.132. The molecule has 2 aliphatic heterocycles. The van der Waals surface area contributed by atoms with Gasteiger partial charge in [-0.15, -0.1) is 0 Å². The molecular formula is C27H20Cl2N2O5S. The van der Waals surface area contributed by atoms with Gasteiger partial charge in [0.1, 0.15) is 46.4 Å². The number of ether oxygens (including phenoxy) is 2. The average molecular weight is 555 g/mol. The van der Waals surface area contributed by atoms with Crippen LogP contribution in [0.25, 0.3) is 6.08 Å². The summed E-state index contributed by atoms with van der Waals surface area (Å²) in [6, 6.07) is 15.6. The Kier molecular flexibility index (Phi) is 5.78. The molecule has 4 aromatic rings. The van der Waals surface area contributed by atoms with Gasteiger partial charge in [-0.05, 0) is 44.2 Å². The zero-order valence-corrected chi connectivity index (χ0v) is 22.1. The Bertz CT molecular complexity index is 1740. The van der Waals surface area contributed by atoms with Crippen molar-refractivity contribution in [1.29, 1.82) is 0 Å². The largest absolute Gasteiger partial charge is 0.484 e. The third-order valence-corrected chi connectivity index (χ3v) is 8.34. The number of carbonyl (C=O) groups is 1. The van der Waals surface area contributed by atoms with Crippen molar-refractivity contribution in [2.45, 2.75) is 32.2 Å². The van der Waals surface area contributed by atoms with Crippen molar-refractivity contribution in [1.82, 2.24) is 4.57 Å². The van der Waals surface area contributed by atoms with E-state index in [9.17, 15) is 9.59 Å². The number of carbonyl (C=O) groups excluding carboxylic acids is 1. The van der Waals surface area contributed by atoms with Crippen LogP contribution >= 0.6 is 34.5 Å². The van der Waals surface area contributed by atoms with Gasteiger partial charge >= 0.3 is 0 Å². The number of Topliss-reactive ketones (excluding diaryl/α,β-unsaturated/α-hetero) is 1. The van der Waals surface area contributed by atoms with Gasteiger partial charge in [-0.1, -0.05) is 58.8 Å². The van der Waals surface area contributed by atoms with Gasteiger partial charge in [0.2, 0.25) is 5.72 Å². The quantitative estimate of drug-likeness (QED) is 0.355. The molecule has 6 rings (SSSR count). The Morgan fingerprint density at radius 2 is 2.00 bits per heavy atom. The number of thiazole rings is 1. The summed E-state index contributed by atoms with van der Waals surface area (Å²) in [5.41, 5.74) is -0.547. The number of halogens is 2. The summed E-state index contributed by atoms with van der Waals surface area (Å²) in [5.74, 6) is 1.40. The molecule has 3 unspecified atom stereocenters. The molecular weight excluding hydrogens is 535 g/mol. The molecule has 37 heavy (non-hydrogen) atoms. The molecule has 10 heteroatoms. The fourth-order valence-electron chi connectivity index (χ4n) is 4.98. The molecule has 0 saturated carbocycles. The number of furan rings is 1. The van der Waals surface area contributed by atoms with Crippen molar-refractivity contribution in [2.75, 3.05) is 0 Å². The molecule has 0 fully saturated rings. The summed E-state index contributed by atoms with van der Waals surface area (Å²) >= 11 is 13.5. The molecule has 0 aliphatic carbocycles. The van der Waals surface area contributed by atoms with Crippen LogP contribution in [0.2, 0.25) is 10.0 Å². The minimum absolute atomic E-state index is 0.0875. The van der Waals surface area contributed by atoms with Crippen LogP contribution in [0.4, 0.5) is 0 Å². The molecule has 2 aromatic carbocycles. The monoisotopic (exact) mass is 554 g/mol. The number of aromatic nitrogens is 1. The van der Waals surface area contributed by atoms with Gasteiger partial charge in [-0.3, -0.25) is 14.2 Å². The van der Waals surface area contributed by atoms with Gasteiger partial charge in [0.05, 0.1) is 15.6 Å². The molecule has 2 aliphatic rings. The Hall–Kier alpha value is -3.33. The zero-order chi connectivity index (χ0) is 25.9. The molecule has 0 saturated heterocycles. The van der Waals surface area contributed by atoms with Gasteiger partial charge < -0.3 is 13.9 Å². The van der Waals surface area contributed by atoms with Crippen molar-refractivity contribution in [3.63, 3.8) is 0 Å². The molecule has 2 aromatic heterocycles. The predicted molar refractivity (Wildman–Crippen MR) is 140 cm³/mol. The first kappa shape index (κ1) is 24.0. The van der Waals surface area contributed by atoms with Gasteiger partial charge in [0, 0.05) is 11.6 Å². The maximum atomic E-state index is 13.6. The van der Waals surface area contributed by atoms with Crippen molar-refractivity contribution in [2.24, 2.45) is 10.9 Å². The lowest BCUT2D eigenvalue weighted by Gasteiger charge is -2.45. The second-order valence-electron chi connectivity index (χ2n) is 9.05. The highest BCUT2D eigenvalue weighted by molar-refractivity contribution is 7.07. The minimum atomic E-state index is -1.10. The Morgan fingerprint density at radius 1 is 1.19 bits per heavy atom. The summed E-state index contributed by atoms with van der Waals surface area (Å²) in [7, 11) is 0. The third-order valence-electron chi connectivity index (χ3n) is 6.56. The number of fused-ring (bicyclic) bond motifs is 6. The summed E-state index contributed by atoms with van der Waals surface area (Å²) in [4.78, 5) is 31.6. The Balaban J connectivity index is 1.37. The number of ketones is 1. The highest BCUT2D eigenvalue weighted by atomic mass is 35.5. The summed E-state index contributed by atoms with van der Waals surface area (Å²) < 4.78 is 19.9. The minimum Gasteiger partial charge on any atom is -0.484 e. The predicted octanol–water partition coefficient (Wildman–Crippen LogP) is 4.75. The molecule has 0 amide bonds. The zero-order valence-electron chi connectivity index (χ0n) is 19.7. The molecule has 0 radical (unpaired) electrons. The molecule has 188 valence electrons. The lowest BCUT2D eigenvalue weighted by Crippen LogP contribution is -2.58. The van der Waals surface area contributed by atoms with E-state index in [2.05, 4.69) is 0 Å². The van der Waals surface area contributed by atoms with E-state index >= 15 is 0 Å². The number of para-hydroxylation sites is 1. The van der Waals surface area contributed by atoms with E-state index in [1.165, 1.54) is 18.3 Å². The number of hydrogen-bond donors (Lipinski definition) is 0. The topological polar surface area (TPSA) is 83.0 Å². The summed E-state index contributed by atoms with van der Waals surface area (Å²) in [6.07, 6.45) is 1.67. The smallest absolute Gasteiger partial charge is 0.271 e. The first-order valence-corrected chi connectivity index (χ1v) is 13.1. The van der Waals surface area contributed by atoms with E-state index in [0.29, 0.717) is 42.4 Å². The van der Waals surface area contributed by atoms with E-state index in [0.717, 1.165) is 5.56 Å². The van der Waals surface area contributed by atoms with Gasteiger partial charge in [-0.25, -0.2) is 4.99 Å². The van der Waals surface area contributed by atoms with E-state index in [1.807, 2.05) is 24.3 Å². The first-order valence-electron chi connectivity index (χ1n) is 11.5. The Morgan fingerprint density at radius 3 is 2.81 bits per heavy atom. The summed E-state index contributed by atoms with van der Waals surface area (Å²) in [6.45, 7) is 3.45. The lowest BCUT2D eigenvalue weighted by atomic mass is 9.79. The van der Waals surface area contributed by atoms with E-state index < -0.39 is 17.7 Å². The van der Waals surface area contributed by atoms with Crippen molar-refractivity contribution in [3.05, 3.63) is 101 Å². The Labute approximate surface area is 225 Å². The first-order chi connectivity index (χ1) is 17.7. The molecule has 4 heterocycles. The summed E-state index contributed by atoms with van der Waals surface area (Å²) in [5, 5.41) is 0.732. The third kappa shape index (κ3) is 4.00. The van der Waals surface area contributed by atoms with Crippen LogP contribution in [0.3, 0.4) is 0 Å². The molecule has 7 nitrogen and oxygen atoms in total. The number of benzene rings is 2. The number of hydrogen-bond acceptors (Lipinski definition) is 7. The van der Waals surface area contributed by atoms with Crippen LogP contribution in [-0.2, 0) is 11.4 Å². The standard InChI is InChI=1S/C27H20Cl2N2O5S/c1-14(32)22-24-17-6-3-4-8-19(17)36-27(22,2)30-26-31(24)25(33)21(37-26)12-15-10-11-16(35-15)13-34-20-9-5-7-18(28)23(20)29/h3-12,22,24H,13H2,1-2H3/b21-12+. The van der Waals surface area contributed by atoms with Gasteiger partial charge in [-0.2, -0.15) is 0 Å². The fourth-order valence-corrected chi connectivity index (χ4v) is 6.41. The molecule has 0 N–H and O–H groups in total. The van der Waals surface area contributed by atoms with Gasteiger partial charge in [0.25, 0.3) is 5.56 Å². The van der Waals surface area contributed by atoms with Crippen LogP contribution in [0.15, 0.2) is 68.8 Å². The van der Waals surface area contributed by atoms with E-state index in [4.69, 9.17) is 42.1 Å². The fraction of sp³-hybridized carbons (Fsp3) is 0.222. The van der Waals surface area contributed by atoms with E-state index in [1.54, 1.807) is 47.9 Å². The molecule has 3 atom stereocenters. The van der Waals surface area contributed by atoms with Crippen molar-refractivity contribution < 1.29 is 18.7 Å². The van der Waals surface area contributed by atoms with Crippen LogP contribution in [0.1, 0.15) is 37.0 Å². The number of nitrogens with zero attached hydrogens (tertiary/aromatic N) is 2. The SMILES string of the molecule is CC(=O)C1C2c3ccccc3OC1(C)N=c1s/c(=C/c3ccc(COc4cccc(Cl)c4Cl)o3)c(=O)n12. The normalized spacial score (nSPS) is 22.0. The van der Waals surface area contributed by atoms with Crippen molar-refractivity contribution >= 4 is 46.4 Å². The van der Waals surface area contributed by atoms with Crippen LogP contribution in [-0.4, -0.2) is 16.1 Å². The van der Waals surface area contributed by atoms with E-state index in [-0.39, 0.29) is 17.9 Å². The maximum Gasteiger partial charge on any atom is 0.271 e. The molecule has 0 spiro atoms. The highest BCUT2D eigenvalue weighted by Crippen LogP contribution is 2.47. The molecule has 2 bridgehead atoms. The van der Waals surface area contributed by atoms with Crippen molar-refractivity contribution in [3.8, 4) is 11.5 Å². The van der Waals surface area contributed by atoms with Crippen LogP contribution in [0.5, 0.6) is 11.5 Å². The van der Waals surface area contributed by atoms with Crippen LogP contribution < -0.4 is 24.4 Å². The highest BCUT2D eigenvalue weighted by Gasteiger charge is 2.53. The van der Waals surface area contributed by atoms with Crippen LogP contribution in [0, 0.1) is 5.92 Å².